The largest absolute Gasteiger partial charge is 0.311 e. The van der Waals surface area contributed by atoms with E-state index in [0.717, 1.165) is 40.5 Å². The predicted octanol–water partition coefficient (Wildman–Crippen LogP) is 9.50. The number of aryl methyl sites for hydroxylation is 2. The van der Waals surface area contributed by atoms with Gasteiger partial charge in [0.2, 0.25) is 0 Å². The quantitative estimate of drug-likeness (QED) is 0.241. The lowest BCUT2D eigenvalue weighted by Gasteiger charge is -2.28. The van der Waals surface area contributed by atoms with Gasteiger partial charge < -0.3 is 9.80 Å². The monoisotopic (exact) mass is 454 g/mol. The average molecular weight is 455 g/mol. The van der Waals surface area contributed by atoms with E-state index in [-0.39, 0.29) is 0 Å². The molecule has 0 radical (unpaired) electrons. The minimum Gasteiger partial charge on any atom is -0.311 e. The molecule has 5 aromatic rings. The van der Waals surface area contributed by atoms with Gasteiger partial charge in [0, 0.05) is 34.1 Å². The average Bonchev–Trinajstić information content (AvgIpc) is 2.93. The number of para-hydroxylation sites is 2. The standard InChI is InChI=1S/C33H30N2/c1-3-27-16-20-31(21-17-27)35(29-12-8-5-9-13-29)33-24-22-32(23-25-33)34(28-10-6-4-7-11-28)30-18-14-26(2)15-19-30/h4-25H,3H2,1-2H3. The maximum atomic E-state index is 2.31. The Hall–Kier alpha value is -4.30. The summed E-state index contributed by atoms with van der Waals surface area (Å²) in [6.45, 7) is 4.31. The van der Waals surface area contributed by atoms with Gasteiger partial charge in [-0.1, -0.05) is 73.2 Å². The summed E-state index contributed by atoms with van der Waals surface area (Å²) in [6, 6.07) is 47.5. The van der Waals surface area contributed by atoms with Gasteiger partial charge in [0.15, 0.2) is 0 Å². The van der Waals surface area contributed by atoms with Crippen LogP contribution in [0.3, 0.4) is 0 Å². The second kappa shape index (κ2) is 10.3. The molecule has 5 aromatic carbocycles. The smallest absolute Gasteiger partial charge is 0.0463 e. The summed E-state index contributed by atoms with van der Waals surface area (Å²) in [6.07, 6.45) is 1.04. The predicted molar refractivity (Wildman–Crippen MR) is 150 cm³/mol. The number of anilines is 6. The summed E-state index contributed by atoms with van der Waals surface area (Å²) in [5, 5.41) is 0. The first-order valence-corrected chi connectivity index (χ1v) is 12.2. The van der Waals surface area contributed by atoms with Crippen molar-refractivity contribution in [1.82, 2.24) is 0 Å². The fraction of sp³-hybridized carbons (Fsp3) is 0.0909. The highest BCUT2D eigenvalue weighted by molar-refractivity contribution is 5.81. The minimum absolute atomic E-state index is 1.04. The zero-order valence-corrected chi connectivity index (χ0v) is 20.3. The van der Waals surface area contributed by atoms with E-state index in [1.165, 1.54) is 11.1 Å². The van der Waals surface area contributed by atoms with Gasteiger partial charge in [-0.2, -0.15) is 0 Å². The van der Waals surface area contributed by atoms with Crippen LogP contribution in [0.1, 0.15) is 18.1 Å². The van der Waals surface area contributed by atoms with Crippen LogP contribution in [0.25, 0.3) is 0 Å². The molecule has 2 heteroatoms. The molecule has 0 aliphatic rings. The molecule has 5 rings (SSSR count). The van der Waals surface area contributed by atoms with E-state index in [9.17, 15) is 0 Å². The molecule has 0 heterocycles. The zero-order valence-electron chi connectivity index (χ0n) is 20.3. The SMILES string of the molecule is CCc1ccc(N(c2ccccc2)c2ccc(N(c3ccccc3)c3ccc(C)cc3)cc2)cc1. The molecule has 35 heavy (non-hydrogen) atoms. The number of benzene rings is 5. The lowest BCUT2D eigenvalue weighted by atomic mass is 10.1. The van der Waals surface area contributed by atoms with Gasteiger partial charge in [-0.05, 0) is 91.7 Å². The molecular formula is C33H30N2. The molecule has 0 fully saturated rings. The van der Waals surface area contributed by atoms with E-state index in [2.05, 4.69) is 157 Å². The molecule has 0 saturated carbocycles. The van der Waals surface area contributed by atoms with Crippen LogP contribution in [0.2, 0.25) is 0 Å². The first-order chi connectivity index (χ1) is 17.2. The Morgan fingerprint density at radius 3 is 1.09 bits per heavy atom. The maximum absolute atomic E-state index is 2.31. The summed E-state index contributed by atoms with van der Waals surface area (Å²) in [5.41, 5.74) is 9.42. The minimum atomic E-state index is 1.04. The number of hydrogen-bond acceptors (Lipinski definition) is 2. The van der Waals surface area contributed by atoms with Crippen LogP contribution in [0.15, 0.2) is 133 Å². The van der Waals surface area contributed by atoms with Crippen LogP contribution in [-0.4, -0.2) is 0 Å². The molecule has 2 nitrogen and oxygen atoms in total. The van der Waals surface area contributed by atoms with Crippen molar-refractivity contribution in [3.63, 3.8) is 0 Å². The molecule has 0 saturated heterocycles. The maximum Gasteiger partial charge on any atom is 0.0463 e. The molecular weight excluding hydrogens is 424 g/mol. The summed E-state index contributed by atoms with van der Waals surface area (Å²) >= 11 is 0. The molecule has 0 aliphatic carbocycles. The highest BCUT2D eigenvalue weighted by Crippen LogP contribution is 2.38. The summed E-state index contributed by atoms with van der Waals surface area (Å²) < 4.78 is 0. The molecule has 0 aromatic heterocycles. The first kappa shape index (κ1) is 22.5. The van der Waals surface area contributed by atoms with Gasteiger partial charge >= 0.3 is 0 Å². The Morgan fingerprint density at radius 1 is 0.400 bits per heavy atom. The second-order valence-electron chi connectivity index (χ2n) is 8.71. The topological polar surface area (TPSA) is 6.48 Å². The lowest BCUT2D eigenvalue weighted by molar-refractivity contribution is 1.14. The van der Waals surface area contributed by atoms with Crippen LogP contribution in [0.5, 0.6) is 0 Å². The Labute approximate surface area is 208 Å². The van der Waals surface area contributed by atoms with Crippen LogP contribution >= 0.6 is 0 Å². The Kier molecular flexibility index (Phi) is 6.63. The van der Waals surface area contributed by atoms with Crippen molar-refractivity contribution in [3.05, 3.63) is 145 Å². The molecule has 0 spiro atoms. The van der Waals surface area contributed by atoms with Gasteiger partial charge in [-0.3, -0.25) is 0 Å². The number of rotatable bonds is 7. The van der Waals surface area contributed by atoms with Gasteiger partial charge in [0.1, 0.15) is 0 Å². The summed E-state index contributed by atoms with van der Waals surface area (Å²) in [5.74, 6) is 0. The second-order valence-corrected chi connectivity index (χ2v) is 8.71. The third-order valence-electron chi connectivity index (χ3n) is 6.29. The van der Waals surface area contributed by atoms with E-state index >= 15 is 0 Å². The zero-order chi connectivity index (χ0) is 24.0. The third kappa shape index (κ3) is 4.97. The van der Waals surface area contributed by atoms with E-state index < -0.39 is 0 Å². The molecule has 0 bridgehead atoms. The van der Waals surface area contributed by atoms with Crippen molar-refractivity contribution >= 4 is 34.1 Å². The highest BCUT2D eigenvalue weighted by Gasteiger charge is 2.15. The Balaban J connectivity index is 1.56. The fourth-order valence-corrected chi connectivity index (χ4v) is 4.37. The van der Waals surface area contributed by atoms with Crippen molar-refractivity contribution in [2.24, 2.45) is 0 Å². The summed E-state index contributed by atoms with van der Waals surface area (Å²) in [4.78, 5) is 4.61. The van der Waals surface area contributed by atoms with Crippen LogP contribution in [-0.2, 0) is 6.42 Å². The normalized spacial score (nSPS) is 10.7. The molecule has 0 unspecified atom stereocenters. The fourth-order valence-electron chi connectivity index (χ4n) is 4.37. The van der Waals surface area contributed by atoms with Gasteiger partial charge in [0.05, 0.1) is 0 Å². The van der Waals surface area contributed by atoms with Gasteiger partial charge in [-0.25, -0.2) is 0 Å². The Bertz CT molecular complexity index is 1340. The number of nitrogens with zero attached hydrogens (tertiary/aromatic N) is 2. The first-order valence-electron chi connectivity index (χ1n) is 12.2. The van der Waals surface area contributed by atoms with Crippen LogP contribution in [0.4, 0.5) is 34.1 Å². The van der Waals surface area contributed by atoms with Crippen molar-refractivity contribution in [3.8, 4) is 0 Å². The van der Waals surface area contributed by atoms with E-state index in [1.54, 1.807) is 0 Å². The van der Waals surface area contributed by atoms with Crippen LogP contribution < -0.4 is 9.80 Å². The van der Waals surface area contributed by atoms with Gasteiger partial charge in [0.25, 0.3) is 0 Å². The van der Waals surface area contributed by atoms with E-state index in [1.807, 2.05) is 0 Å². The summed E-state index contributed by atoms with van der Waals surface area (Å²) in [7, 11) is 0. The molecule has 172 valence electrons. The van der Waals surface area contributed by atoms with E-state index in [0.29, 0.717) is 0 Å². The molecule has 0 N–H and O–H groups in total. The highest BCUT2D eigenvalue weighted by atomic mass is 15.2. The molecule has 0 atom stereocenters. The number of hydrogen-bond donors (Lipinski definition) is 0. The van der Waals surface area contributed by atoms with Crippen molar-refractivity contribution in [1.29, 1.82) is 0 Å². The molecule has 0 amide bonds. The lowest BCUT2D eigenvalue weighted by Crippen LogP contribution is -2.12. The van der Waals surface area contributed by atoms with Crippen LogP contribution in [0, 0.1) is 6.92 Å². The Morgan fingerprint density at radius 2 is 0.714 bits per heavy atom. The molecule has 0 aliphatic heterocycles. The van der Waals surface area contributed by atoms with Gasteiger partial charge in [-0.15, -0.1) is 0 Å². The van der Waals surface area contributed by atoms with E-state index in [4.69, 9.17) is 0 Å². The van der Waals surface area contributed by atoms with Crippen molar-refractivity contribution < 1.29 is 0 Å². The van der Waals surface area contributed by atoms with Crippen molar-refractivity contribution in [2.75, 3.05) is 9.80 Å². The third-order valence-corrected chi connectivity index (χ3v) is 6.29. The van der Waals surface area contributed by atoms with Crippen molar-refractivity contribution in [2.45, 2.75) is 20.3 Å².